The average molecular weight is 424 g/mol. The molecular formula is C25H30FN3O2. The van der Waals surface area contributed by atoms with E-state index in [1.807, 2.05) is 32.0 Å². The predicted octanol–water partition coefficient (Wildman–Crippen LogP) is 5.34. The smallest absolute Gasteiger partial charge is 0.261 e. The molecule has 0 N–H and O–H groups in total. The van der Waals surface area contributed by atoms with E-state index in [4.69, 9.17) is 4.98 Å². The van der Waals surface area contributed by atoms with Crippen LogP contribution >= 0.6 is 0 Å². The third-order valence-electron chi connectivity index (χ3n) is 5.63. The first kappa shape index (κ1) is 22.7. The van der Waals surface area contributed by atoms with E-state index >= 15 is 0 Å². The van der Waals surface area contributed by atoms with Crippen LogP contribution in [0, 0.1) is 5.82 Å². The van der Waals surface area contributed by atoms with Crippen molar-refractivity contribution in [3.63, 3.8) is 0 Å². The lowest BCUT2D eigenvalue weighted by Crippen LogP contribution is -2.38. The molecule has 0 fully saturated rings. The molecule has 1 unspecified atom stereocenters. The molecule has 31 heavy (non-hydrogen) atoms. The molecule has 5 nitrogen and oxygen atoms in total. The fourth-order valence-electron chi connectivity index (χ4n) is 3.92. The molecule has 0 radical (unpaired) electrons. The van der Waals surface area contributed by atoms with Gasteiger partial charge in [0.1, 0.15) is 11.6 Å². The van der Waals surface area contributed by atoms with Gasteiger partial charge in [-0.05, 0) is 50.6 Å². The van der Waals surface area contributed by atoms with Crippen molar-refractivity contribution in [3.05, 3.63) is 76.1 Å². The maximum atomic E-state index is 13.8. The quantitative estimate of drug-likeness (QED) is 0.437. The molecule has 0 aliphatic heterocycles. The molecule has 0 saturated carbocycles. The summed E-state index contributed by atoms with van der Waals surface area (Å²) in [6.07, 6.45) is 4.02. The summed E-state index contributed by atoms with van der Waals surface area (Å²) in [7, 11) is 0. The molecule has 0 spiro atoms. The Kier molecular flexibility index (Phi) is 7.55. The monoisotopic (exact) mass is 423 g/mol. The Balaban J connectivity index is 2.04. The van der Waals surface area contributed by atoms with Crippen LogP contribution in [0.4, 0.5) is 4.39 Å². The van der Waals surface area contributed by atoms with Crippen LogP contribution in [0.1, 0.15) is 68.7 Å². The summed E-state index contributed by atoms with van der Waals surface area (Å²) < 4.78 is 15.4. The maximum absolute atomic E-state index is 13.8. The van der Waals surface area contributed by atoms with Crippen molar-refractivity contribution in [2.45, 2.75) is 59.0 Å². The number of amides is 1. The van der Waals surface area contributed by atoms with Gasteiger partial charge in [-0.15, -0.1) is 0 Å². The van der Waals surface area contributed by atoms with Crippen LogP contribution in [0.15, 0.2) is 53.3 Å². The first-order valence-corrected chi connectivity index (χ1v) is 11.0. The lowest BCUT2D eigenvalue weighted by molar-refractivity contribution is 0.0674. The highest BCUT2D eigenvalue weighted by molar-refractivity contribution is 5.94. The molecule has 0 aliphatic rings. The third kappa shape index (κ3) is 5.01. The van der Waals surface area contributed by atoms with Gasteiger partial charge in [-0.1, -0.05) is 44.4 Å². The Bertz CT molecular complexity index is 1110. The second kappa shape index (κ2) is 10.3. The number of carbonyl (C=O) groups is 1. The van der Waals surface area contributed by atoms with E-state index in [1.165, 1.54) is 12.1 Å². The van der Waals surface area contributed by atoms with Crippen LogP contribution < -0.4 is 5.56 Å². The van der Waals surface area contributed by atoms with Gasteiger partial charge in [0.05, 0.1) is 16.9 Å². The van der Waals surface area contributed by atoms with Crippen molar-refractivity contribution >= 4 is 16.8 Å². The largest absolute Gasteiger partial charge is 0.329 e. The second-order valence-electron chi connectivity index (χ2n) is 7.78. The van der Waals surface area contributed by atoms with Crippen LogP contribution in [-0.4, -0.2) is 26.9 Å². The fourth-order valence-corrected chi connectivity index (χ4v) is 3.92. The van der Waals surface area contributed by atoms with E-state index in [-0.39, 0.29) is 11.5 Å². The molecule has 1 atom stereocenters. The number of carbonyl (C=O) groups excluding carboxylic acids is 1. The number of aromatic nitrogens is 2. The third-order valence-corrected chi connectivity index (χ3v) is 5.63. The van der Waals surface area contributed by atoms with E-state index in [1.54, 1.807) is 27.7 Å². The molecule has 3 rings (SSSR count). The molecule has 6 heteroatoms. The summed E-state index contributed by atoms with van der Waals surface area (Å²) in [5.41, 5.74) is 0.802. The Hall–Kier alpha value is -3.02. The van der Waals surface area contributed by atoms with Crippen molar-refractivity contribution in [3.8, 4) is 0 Å². The fraction of sp³-hybridized carbons (Fsp3) is 0.400. The van der Waals surface area contributed by atoms with Crippen molar-refractivity contribution in [1.29, 1.82) is 0 Å². The topological polar surface area (TPSA) is 55.2 Å². The van der Waals surface area contributed by atoms with Crippen molar-refractivity contribution in [2.24, 2.45) is 0 Å². The molecule has 0 bridgehead atoms. The van der Waals surface area contributed by atoms with Gasteiger partial charge in [0.2, 0.25) is 0 Å². The van der Waals surface area contributed by atoms with E-state index in [9.17, 15) is 14.0 Å². The minimum absolute atomic E-state index is 0.112. The van der Waals surface area contributed by atoms with E-state index in [2.05, 4.69) is 6.92 Å². The number of para-hydroxylation sites is 1. The van der Waals surface area contributed by atoms with Gasteiger partial charge in [-0.3, -0.25) is 14.2 Å². The Morgan fingerprint density at radius 2 is 1.87 bits per heavy atom. The van der Waals surface area contributed by atoms with Crippen LogP contribution in [-0.2, 0) is 6.54 Å². The number of unbranched alkanes of at least 4 members (excludes halogenated alkanes) is 3. The van der Waals surface area contributed by atoms with Crippen LogP contribution in [0.3, 0.4) is 0 Å². The highest BCUT2D eigenvalue weighted by atomic mass is 19.1. The summed E-state index contributed by atoms with van der Waals surface area (Å²) >= 11 is 0. The van der Waals surface area contributed by atoms with Crippen LogP contribution in [0.5, 0.6) is 0 Å². The highest BCUT2D eigenvalue weighted by Gasteiger charge is 2.26. The van der Waals surface area contributed by atoms with Gasteiger partial charge in [0.15, 0.2) is 0 Å². The molecule has 0 saturated heterocycles. The Morgan fingerprint density at radius 1 is 1.10 bits per heavy atom. The number of halogens is 1. The first-order valence-electron chi connectivity index (χ1n) is 11.0. The molecule has 2 aromatic carbocycles. The maximum Gasteiger partial charge on any atom is 0.261 e. The van der Waals surface area contributed by atoms with Crippen molar-refractivity contribution in [1.82, 2.24) is 14.5 Å². The average Bonchev–Trinajstić information content (AvgIpc) is 2.78. The SMILES string of the molecule is CCCCCCN(C(=O)c1cccc(F)c1)C(C)c1nc2ccccc2c(=O)n1CC. The number of hydrogen-bond acceptors (Lipinski definition) is 3. The molecule has 1 aromatic heterocycles. The van der Waals surface area contributed by atoms with Crippen LogP contribution in [0.25, 0.3) is 10.9 Å². The summed E-state index contributed by atoms with van der Waals surface area (Å²) in [4.78, 5) is 32.9. The zero-order valence-corrected chi connectivity index (χ0v) is 18.5. The standard InChI is InChI=1S/C25H30FN3O2/c1-4-6-7-10-16-29(24(30)19-12-11-13-20(26)17-19)18(3)23-27-22-15-9-8-14-21(22)25(31)28(23)5-2/h8-9,11-15,17-18H,4-7,10,16H2,1-3H3. The molecule has 164 valence electrons. The number of rotatable bonds is 9. The lowest BCUT2D eigenvalue weighted by atomic mass is 10.1. The summed E-state index contributed by atoms with van der Waals surface area (Å²) in [6.45, 7) is 6.89. The summed E-state index contributed by atoms with van der Waals surface area (Å²) in [6, 6.07) is 12.6. The minimum Gasteiger partial charge on any atom is -0.329 e. The van der Waals surface area contributed by atoms with Gasteiger partial charge in [-0.2, -0.15) is 0 Å². The number of nitrogens with zero attached hydrogens (tertiary/aromatic N) is 3. The molecule has 1 amide bonds. The van der Waals surface area contributed by atoms with Crippen molar-refractivity contribution < 1.29 is 9.18 Å². The van der Waals surface area contributed by atoms with Crippen LogP contribution in [0.2, 0.25) is 0 Å². The van der Waals surface area contributed by atoms with Gasteiger partial charge in [0.25, 0.3) is 11.5 Å². The van der Waals surface area contributed by atoms with Gasteiger partial charge >= 0.3 is 0 Å². The van der Waals surface area contributed by atoms with Gasteiger partial charge < -0.3 is 4.90 Å². The molecule has 1 heterocycles. The van der Waals surface area contributed by atoms with Gasteiger partial charge in [-0.25, -0.2) is 9.37 Å². The zero-order valence-electron chi connectivity index (χ0n) is 18.5. The zero-order chi connectivity index (χ0) is 22.4. The normalized spacial score (nSPS) is 12.1. The van der Waals surface area contributed by atoms with E-state index < -0.39 is 11.9 Å². The molecule has 0 aliphatic carbocycles. The highest BCUT2D eigenvalue weighted by Crippen LogP contribution is 2.23. The summed E-state index contributed by atoms with van der Waals surface area (Å²) in [5.74, 6) is -0.154. The van der Waals surface area contributed by atoms with E-state index in [0.29, 0.717) is 35.4 Å². The Morgan fingerprint density at radius 3 is 2.58 bits per heavy atom. The predicted molar refractivity (Wildman–Crippen MR) is 122 cm³/mol. The molecular weight excluding hydrogens is 393 g/mol. The van der Waals surface area contributed by atoms with E-state index in [0.717, 1.165) is 25.7 Å². The first-order chi connectivity index (χ1) is 15.0. The lowest BCUT2D eigenvalue weighted by Gasteiger charge is -2.30. The summed E-state index contributed by atoms with van der Waals surface area (Å²) in [5, 5.41) is 0.561. The molecule has 3 aromatic rings. The number of fused-ring (bicyclic) bond motifs is 1. The minimum atomic E-state index is -0.446. The van der Waals surface area contributed by atoms with Crippen molar-refractivity contribution in [2.75, 3.05) is 6.54 Å². The second-order valence-corrected chi connectivity index (χ2v) is 7.78. The Labute approximate surface area is 182 Å². The van der Waals surface area contributed by atoms with Gasteiger partial charge in [0, 0.05) is 18.7 Å². The number of benzene rings is 2. The number of hydrogen-bond donors (Lipinski definition) is 0.